The van der Waals surface area contributed by atoms with Gasteiger partial charge in [-0.05, 0) is 37.6 Å². The number of carbonyl (C=O) groups is 1. The van der Waals surface area contributed by atoms with Gasteiger partial charge in [0.05, 0.1) is 6.04 Å². The van der Waals surface area contributed by atoms with Crippen molar-refractivity contribution in [3.8, 4) is 5.75 Å². The van der Waals surface area contributed by atoms with Gasteiger partial charge in [-0.1, -0.05) is 48.0 Å². The van der Waals surface area contributed by atoms with Crippen LogP contribution in [-0.4, -0.2) is 12.0 Å². The molecular weight excluding hydrogens is 286 g/mol. The molecule has 21 heavy (non-hydrogen) atoms. The maximum absolute atomic E-state index is 12.1. The number of hydrogen-bond donors (Lipinski definition) is 1. The number of amides is 1. The van der Waals surface area contributed by atoms with E-state index in [0.29, 0.717) is 10.8 Å². The van der Waals surface area contributed by atoms with Crippen molar-refractivity contribution in [3.63, 3.8) is 0 Å². The number of rotatable bonds is 5. The lowest BCUT2D eigenvalue weighted by Crippen LogP contribution is -2.37. The van der Waals surface area contributed by atoms with E-state index in [1.165, 1.54) is 0 Å². The summed E-state index contributed by atoms with van der Waals surface area (Å²) in [7, 11) is 0. The molecule has 0 radical (unpaired) electrons. The Labute approximate surface area is 129 Å². The molecule has 0 saturated carbocycles. The molecule has 0 aliphatic carbocycles. The van der Waals surface area contributed by atoms with Crippen LogP contribution in [0.5, 0.6) is 5.75 Å². The highest BCUT2D eigenvalue weighted by Crippen LogP contribution is 2.19. The van der Waals surface area contributed by atoms with Gasteiger partial charge in [0.2, 0.25) is 0 Å². The summed E-state index contributed by atoms with van der Waals surface area (Å²) in [5.74, 6) is 0.420. The van der Waals surface area contributed by atoms with E-state index in [4.69, 9.17) is 16.3 Å². The van der Waals surface area contributed by atoms with E-state index in [-0.39, 0.29) is 11.9 Å². The standard InChI is InChI=1S/C17H18ClNO2/c1-12(14-7-4-3-5-8-14)19-17(20)13(2)21-16-10-6-9-15(18)11-16/h3-13H,1-2H3,(H,19,20)/t12-,13-/m0/s1. The van der Waals surface area contributed by atoms with Crippen molar-refractivity contribution < 1.29 is 9.53 Å². The number of nitrogens with one attached hydrogen (secondary N) is 1. The first-order chi connectivity index (χ1) is 10.1. The molecular formula is C17H18ClNO2. The van der Waals surface area contributed by atoms with Gasteiger partial charge in [-0.15, -0.1) is 0 Å². The lowest BCUT2D eigenvalue weighted by molar-refractivity contribution is -0.127. The summed E-state index contributed by atoms with van der Waals surface area (Å²) in [5.41, 5.74) is 1.06. The molecule has 0 saturated heterocycles. The van der Waals surface area contributed by atoms with Gasteiger partial charge < -0.3 is 10.1 Å². The minimum Gasteiger partial charge on any atom is -0.481 e. The summed E-state index contributed by atoms with van der Waals surface area (Å²) in [6.07, 6.45) is -0.588. The fourth-order valence-corrected chi connectivity index (χ4v) is 2.13. The van der Waals surface area contributed by atoms with Crippen molar-refractivity contribution in [2.24, 2.45) is 0 Å². The number of halogens is 1. The van der Waals surface area contributed by atoms with Gasteiger partial charge in [-0.25, -0.2) is 0 Å². The third-order valence-corrected chi connectivity index (χ3v) is 3.37. The second-order valence-corrected chi connectivity index (χ2v) is 5.29. The van der Waals surface area contributed by atoms with Crippen LogP contribution < -0.4 is 10.1 Å². The fraction of sp³-hybridized carbons (Fsp3) is 0.235. The number of ether oxygens (including phenoxy) is 1. The average Bonchev–Trinajstić information content (AvgIpc) is 2.48. The second kappa shape index (κ2) is 7.14. The Morgan fingerprint density at radius 1 is 1.10 bits per heavy atom. The van der Waals surface area contributed by atoms with E-state index < -0.39 is 6.10 Å². The van der Waals surface area contributed by atoms with Crippen LogP contribution in [0.3, 0.4) is 0 Å². The zero-order valence-corrected chi connectivity index (χ0v) is 12.8. The summed E-state index contributed by atoms with van der Waals surface area (Å²) < 4.78 is 5.60. The predicted octanol–water partition coefficient (Wildman–Crippen LogP) is 3.98. The Morgan fingerprint density at radius 2 is 1.81 bits per heavy atom. The van der Waals surface area contributed by atoms with Gasteiger partial charge in [0.1, 0.15) is 5.75 Å². The van der Waals surface area contributed by atoms with Crippen LogP contribution in [-0.2, 0) is 4.79 Å². The normalized spacial score (nSPS) is 13.3. The second-order valence-electron chi connectivity index (χ2n) is 4.86. The molecule has 2 rings (SSSR count). The van der Waals surface area contributed by atoms with Crippen LogP contribution in [0.15, 0.2) is 54.6 Å². The molecule has 2 atom stereocenters. The van der Waals surface area contributed by atoms with Gasteiger partial charge in [-0.2, -0.15) is 0 Å². The minimum absolute atomic E-state index is 0.0656. The van der Waals surface area contributed by atoms with Crippen molar-refractivity contribution in [1.29, 1.82) is 0 Å². The van der Waals surface area contributed by atoms with E-state index >= 15 is 0 Å². The number of hydrogen-bond acceptors (Lipinski definition) is 2. The lowest BCUT2D eigenvalue weighted by atomic mass is 10.1. The fourth-order valence-electron chi connectivity index (χ4n) is 1.95. The van der Waals surface area contributed by atoms with Crippen LogP contribution in [0.4, 0.5) is 0 Å². The number of carbonyl (C=O) groups excluding carboxylic acids is 1. The molecule has 0 aliphatic rings. The molecule has 3 nitrogen and oxygen atoms in total. The summed E-state index contributed by atoms with van der Waals surface area (Å²) in [5, 5.41) is 3.52. The summed E-state index contributed by atoms with van der Waals surface area (Å²) in [4.78, 5) is 12.1. The quantitative estimate of drug-likeness (QED) is 0.907. The SMILES string of the molecule is C[C@H](Oc1cccc(Cl)c1)C(=O)N[C@@H](C)c1ccccc1. The summed E-state index contributed by atoms with van der Waals surface area (Å²) in [6, 6.07) is 16.7. The third-order valence-electron chi connectivity index (χ3n) is 3.14. The van der Waals surface area contributed by atoms with Crippen molar-refractivity contribution in [2.45, 2.75) is 26.0 Å². The molecule has 4 heteroatoms. The molecule has 0 bridgehead atoms. The van der Waals surface area contributed by atoms with Gasteiger partial charge in [0.25, 0.3) is 5.91 Å². The molecule has 2 aromatic carbocycles. The molecule has 0 unspecified atom stereocenters. The van der Waals surface area contributed by atoms with Crippen LogP contribution in [0.2, 0.25) is 5.02 Å². The first-order valence-corrected chi connectivity index (χ1v) is 7.21. The van der Waals surface area contributed by atoms with Crippen molar-refractivity contribution in [2.75, 3.05) is 0 Å². The molecule has 0 fully saturated rings. The molecule has 0 heterocycles. The maximum Gasteiger partial charge on any atom is 0.261 e. The van der Waals surface area contributed by atoms with Crippen LogP contribution >= 0.6 is 11.6 Å². The minimum atomic E-state index is -0.588. The van der Waals surface area contributed by atoms with Crippen molar-refractivity contribution in [3.05, 3.63) is 65.2 Å². The van der Waals surface area contributed by atoms with Crippen molar-refractivity contribution >= 4 is 17.5 Å². The van der Waals surface area contributed by atoms with Crippen LogP contribution in [0.1, 0.15) is 25.5 Å². The molecule has 1 N–H and O–H groups in total. The number of benzene rings is 2. The van der Waals surface area contributed by atoms with Gasteiger partial charge >= 0.3 is 0 Å². The Balaban J connectivity index is 1.94. The highest BCUT2D eigenvalue weighted by molar-refractivity contribution is 6.30. The van der Waals surface area contributed by atoms with Crippen LogP contribution in [0.25, 0.3) is 0 Å². The highest BCUT2D eigenvalue weighted by Gasteiger charge is 2.17. The largest absolute Gasteiger partial charge is 0.481 e. The van der Waals surface area contributed by atoms with Gasteiger partial charge in [-0.3, -0.25) is 4.79 Å². The van der Waals surface area contributed by atoms with Gasteiger partial charge in [0, 0.05) is 5.02 Å². The topological polar surface area (TPSA) is 38.3 Å². The monoisotopic (exact) mass is 303 g/mol. The molecule has 0 aliphatic heterocycles. The van der Waals surface area contributed by atoms with E-state index in [1.54, 1.807) is 31.2 Å². The Morgan fingerprint density at radius 3 is 2.48 bits per heavy atom. The molecule has 0 spiro atoms. The smallest absolute Gasteiger partial charge is 0.261 e. The molecule has 110 valence electrons. The predicted molar refractivity (Wildman–Crippen MR) is 84.5 cm³/mol. The first kappa shape index (κ1) is 15.4. The highest BCUT2D eigenvalue weighted by atomic mass is 35.5. The summed E-state index contributed by atoms with van der Waals surface area (Å²) in [6.45, 7) is 3.66. The van der Waals surface area contributed by atoms with Gasteiger partial charge in [0.15, 0.2) is 6.10 Å². The van der Waals surface area contributed by atoms with E-state index in [2.05, 4.69) is 5.32 Å². The Hall–Kier alpha value is -2.00. The maximum atomic E-state index is 12.1. The van der Waals surface area contributed by atoms with E-state index in [0.717, 1.165) is 5.56 Å². The van der Waals surface area contributed by atoms with E-state index in [9.17, 15) is 4.79 Å². The van der Waals surface area contributed by atoms with Crippen LogP contribution in [0, 0.1) is 0 Å². The van der Waals surface area contributed by atoms with E-state index in [1.807, 2.05) is 37.3 Å². The Bertz CT molecular complexity index is 601. The first-order valence-electron chi connectivity index (χ1n) is 6.84. The lowest BCUT2D eigenvalue weighted by Gasteiger charge is -2.19. The zero-order valence-electron chi connectivity index (χ0n) is 12.0. The van der Waals surface area contributed by atoms with Crippen molar-refractivity contribution in [1.82, 2.24) is 5.32 Å². The summed E-state index contributed by atoms with van der Waals surface area (Å²) >= 11 is 5.89. The Kier molecular flexibility index (Phi) is 5.23. The molecule has 2 aromatic rings. The average molecular weight is 304 g/mol. The third kappa shape index (κ3) is 4.50. The zero-order chi connectivity index (χ0) is 15.2. The molecule has 1 amide bonds. The molecule has 0 aromatic heterocycles.